The summed E-state index contributed by atoms with van der Waals surface area (Å²) in [6.07, 6.45) is 10.6. The summed E-state index contributed by atoms with van der Waals surface area (Å²) in [5.41, 5.74) is 8.38. The van der Waals surface area contributed by atoms with E-state index in [0.717, 1.165) is 25.8 Å². The number of hydrogen-bond donors (Lipinski definition) is 3. The summed E-state index contributed by atoms with van der Waals surface area (Å²) in [6, 6.07) is 0. The number of aliphatic imine (C=N–C) groups is 1. The van der Waals surface area contributed by atoms with E-state index in [4.69, 9.17) is 5.73 Å². The smallest absolute Gasteiger partial charge is 0.189 e. The average molecular weight is 414 g/mol. The van der Waals surface area contributed by atoms with Crippen LogP contribution in [-0.4, -0.2) is 29.3 Å². The van der Waals surface area contributed by atoms with Crippen LogP contribution in [-0.2, 0) is 0 Å². The Balaban J connectivity index is 1.61. The topological polar surface area (TPSA) is 70.6 Å². The molecule has 3 fully saturated rings. The van der Waals surface area contributed by atoms with E-state index in [2.05, 4.69) is 57.9 Å². The summed E-state index contributed by atoms with van der Waals surface area (Å²) >= 11 is 0. The summed E-state index contributed by atoms with van der Waals surface area (Å²) in [5.74, 6) is 1.96. The summed E-state index contributed by atoms with van der Waals surface area (Å²) in [5, 5.41) is 15.3. The minimum Gasteiger partial charge on any atom is -0.392 e. The van der Waals surface area contributed by atoms with E-state index < -0.39 is 0 Å². The Bertz CT molecular complexity index is 817. The largest absolute Gasteiger partial charge is 0.392 e. The molecule has 1 aliphatic heterocycles. The third-order valence-corrected chi connectivity index (χ3v) is 11.4. The van der Waals surface area contributed by atoms with Gasteiger partial charge in [0, 0.05) is 23.9 Å². The first-order valence-corrected chi connectivity index (χ1v) is 12.3. The number of hydrogen-bond acceptors (Lipinski definition) is 4. The van der Waals surface area contributed by atoms with Crippen LogP contribution in [0.5, 0.6) is 0 Å². The fourth-order valence-corrected chi connectivity index (χ4v) is 9.59. The molecule has 30 heavy (non-hydrogen) atoms. The lowest BCUT2D eigenvalue weighted by Crippen LogP contribution is -2.71. The van der Waals surface area contributed by atoms with E-state index in [0.29, 0.717) is 29.1 Å². The molecule has 0 unspecified atom stereocenters. The molecule has 4 heteroatoms. The number of aliphatic hydroxyl groups is 1. The van der Waals surface area contributed by atoms with Gasteiger partial charge in [-0.05, 0) is 73.0 Å². The predicted molar refractivity (Wildman–Crippen MR) is 123 cm³/mol. The Labute approximate surface area is 183 Å². The first-order chi connectivity index (χ1) is 13.9. The Morgan fingerprint density at radius 1 is 1.03 bits per heavy atom. The van der Waals surface area contributed by atoms with Crippen LogP contribution in [0.15, 0.2) is 16.6 Å². The van der Waals surface area contributed by atoms with E-state index in [1.54, 1.807) is 5.57 Å². The zero-order chi connectivity index (χ0) is 21.7. The Hall–Kier alpha value is -1.03. The highest BCUT2D eigenvalue weighted by molar-refractivity contribution is 5.79. The van der Waals surface area contributed by atoms with Gasteiger partial charge in [-0.3, -0.25) is 4.99 Å². The summed E-state index contributed by atoms with van der Waals surface area (Å²) in [7, 11) is 0. The second-order valence-corrected chi connectivity index (χ2v) is 13.1. The summed E-state index contributed by atoms with van der Waals surface area (Å²) in [4.78, 5) is 4.64. The van der Waals surface area contributed by atoms with E-state index >= 15 is 0 Å². The van der Waals surface area contributed by atoms with Crippen LogP contribution in [0, 0.1) is 39.4 Å². The first kappa shape index (κ1) is 20.8. The normalized spacial score (nSPS) is 54.4. The van der Waals surface area contributed by atoms with Crippen molar-refractivity contribution in [1.82, 2.24) is 5.32 Å². The molecule has 0 spiro atoms. The van der Waals surface area contributed by atoms with Crippen LogP contribution in [0.2, 0.25) is 0 Å². The van der Waals surface area contributed by atoms with Crippen molar-refractivity contribution < 1.29 is 5.11 Å². The van der Waals surface area contributed by atoms with Crippen molar-refractivity contribution >= 4 is 5.96 Å². The van der Waals surface area contributed by atoms with Crippen molar-refractivity contribution in [3.8, 4) is 0 Å². The van der Waals surface area contributed by atoms with Crippen LogP contribution in [0.1, 0.15) is 86.5 Å². The highest BCUT2D eigenvalue weighted by Crippen LogP contribution is 2.72. The quantitative estimate of drug-likeness (QED) is 0.507. The van der Waals surface area contributed by atoms with Gasteiger partial charge in [0.05, 0.1) is 6.10 Å². The summed E-state index contributed by atoms with van der Waals surface area (Å²) < 4.78 is 0. The number of nitrogens with one attached hydrogen (secondary N) is 1. The van der Waals surface area contributed by atoms with Gasteiger partial charge in [-0.15, -0.1) is 0 Å². The second-order valence-electron chi connectivity index (χ2n) is 13.1. The van der Waals surface area contributed by atoms with Gasteiger partial charge in [-0.1, -0.05) is 52.7 Å². The number of rotatable bonds is 0. The molecule has 0 bridgehead atoms. The number of aliphatic hydroxyl groups excluding tert-OH is 1. The maximum atomic E-state index is 11.8. The average Bonchev–Trinajstić information content (AvgIpc) is 2.62. The monoisotopic (exact) mass is 413 g/mol. The molecular formula is C26H43N3O. The Morgan fingerprint density at radius 2 is 1.77 bits per heavy atom. The van der Waals surface area contributed by atoms with Crippen molar-refractivity contribution in [2.75, 3.05) is 6.54 Å². The molecule has 5 rings (SSSR count). The third-order valence-electron chi connectivity index (χ3n) is 11.4. The highest BCUT2D eigenvalue weighted by atomic mass is 16.3. The maximum absolute atomic E-state index is 11.8. The number of allylic oxidation sites excluding steroid dienone is 1. The molecule has 0 amide bonds. The fourth-order valence-electron chi connectivity index (χ4n) is 9.59. The molecule has 3 saturated carbocycles. The van der Waals surface area contributed by atoms with Crippen molar-refractivity contribution in [3.05, 3.63) is 11.6 Å². The Morgan fingerprint density at radius 3 is 2.50 bits per heavy atom. The molecule has 4 aliphatic carbocycles. The molecule has 0 aromatic rings. The van der Waals surface area contributed by atoms with Gasteiger partial charge >= 0.3 is 0 Å². The van der Waals surface area contributed by atoms with Gasteiger partial charge in [0.2, 0.25) is 0 Å². The predicted octanol–water partition coefficient (Wildman–Crippen LogP) is 4.63. The van der Waals surface area contributed by atoms with Gasteiger partial charge in [-0.25, -0.2) is 0 Å². The van der Waals surface area contributed by atoms with Gasteiger partial charge in [0.1, 0.15) is 0 Å². The standard InChI is InChI=1S/C26H43N3O/c1-22(2)10-7-11-23(3)18(22)9-8-16-20(23)17(30)14-25(5)19-15-28-21(27)29-26(19,6)13-12-24(16,25)4/h8,17-20,30H,7,9-15H2,1-6H3,(H3,27,28,29)/t17-,18+,19-,20-,23+,24-,25-,26-/m1/s1. The van der Waals surface area contributed by atoms with Crippen LogP contribution < -0.4 is 11.1 Å². The molecule has 0 saturated heterocycles. The van der Waals surface area contributed by atoms with Gasteiger partial charge < -0.3 is 16.2 Å². The van der Waals surface area contributed by atoms with Crippen LogP contribution >= 0.6 is 0 Å². The van der Waals surface area contributed by atoms with Crippen molar-refractivity contribution in [1.29, 1.82) is 0 Å². The lowest BCUT2D eigenvalue weighted by molar-refractivity contribution is -0.167. The van der Waals surface area contributed by atoms with Crippen molar-refractivity contribution in [3.63, 3.8) is 0 Å². The van der Waals surface area contributed by atoms with Gasteiger partial charge in [-0.2, -0.15) is 0 Å². The molecule has 4 N–H and O–H groups in total. The molecule has 0 aromatic carbocycles. The van der Waals surface area contributed by atoms with Crippen molar-refractivity contribution in [2.24, 2.45) is 50.1 Å². The zero-order valence-corrected chi connectivity index (χ0v) is 20.0. The second kappa shape index (κ2) is 6.05. The van der Waals surface area contributed by atoms with E-state index in [9.17, 15) is 5.11 Å². The lowest BCUT2D eigenvalue weighted by atomic mass is 9.36. The molecule has 8 atom stereocenters. The van der Waals surface area contributed by atoms with Crippen LogP contribution in [0.25, 0.3) is 0 Å². The molecule has 4 nitrogen and oxygen atoms in total. The highest BCUT2D eigenvalue weighted by Gasteiger charge is 2.68. The van der Waals surface area contributed by atoms with Crippen LogP contribution in [0.3, 0.4) is 0 Å². The minimum absolute atomic E-state index is 0.0202. The number of guanidine groups is 1. The van der Waals surface area contributed by atoms with Gasteiger partial charge in [0.15, 0.2) is 5.96 Å². The van der Waals surface area contributed by atoms with E-state index in [1.807, 2.05) is 0 Å². The zero-order valence-electron chi connectivity index (χ0n) is 20.0. The molecular weight excluding hydrogens is 370 g/mol. The Kier molecular flexibility index (Phi) is 4.21. The van der Waals surface area contributed by atoms with E-state index in [1.165, 1.54) is 25.7 Å². The number of fused-ring (bicyclic) bond motifs is 7. The number of nitrogens with zero attached hydrogens (tertiary/aromatic N) is 1. The molecule has 5 aliphatic rings. The molecule has 1 heterocycles. The SMILES string of the molecule is CC1(C)CCC[C@]2(C)[C@@H]3C(=CC[C@@H]12)[C@@]1(C)CC[C@@]2(C)NC(N)=NC[C@@H]2[C@@]1(C)C[C@H]3O. The molecule has 0 aromatic heterocycles. The molecule has 0 radical (unpaired) electrons. The van der Waals surface area contributed by atoms with Gasteiger partial charge in [0.25, 0.3) is 0 Å². The first-order valence-electron chi connectivity index (χ1n) is 12.3. The van der Waals surface area contributed by atoms with Crippen LogP contribution in [0.4, 0.5) is 0 Å². The fraction of sp³-hybridized carbons (Fsp3) is 0.885. The maximum Gasteiger partial charge on any atom is 0.189 e. The summed E-state index contributed by atoms with van der Waals surface area (Å²) in [6.45, 7) is 15.5. The lowest BCUT2D eigenvalue weighted by Gasteiger charge is -2.70. The van der Waals surface area contributed by atoms with Crippen molar-refractivity contribution in [2.45, 2.75) is 98.1 Å². The molecule has 168 valence electrons. The third kappa shape index (κ3) is 2.40. The number of nitrogens with two attached hydrogens (primary N) is 1. The van der Waals surface area contributed by atoms with E-state index in [-0.39, 0.29) is 27.9 Å². The minimum atomic E-state index is -0.262.